The molecule has 3 rings (SSSR count). The van der Waals surface area contributed by atoms with E-state index in [0.717, 1.165) is 30.8 Å². The van der Waals surface area contributed by atoms with Gasteiger partial charge in [0, 0.05) is 30.9 Å². The first kappa shape index (κ1) is 16.4. The monoisotopic (exact) mass is 350 g/mol. The van der Waals surface area contributed by atoms with E-state index >= 15 is 0 Å². The van der Waals surface area contributed by atoms with Gasteiger partial charge < -0.3 is 10.2 Å². The summed E-state index contributed by atoms with van der Waals surface area (Å²) in [5, 5.41) is 14.2. The molecule has 1 fully saturated rings. The van der Waals surface area contributed by atoms with Crippen molar-refractivity contribution in [3.05, 3.63) is 57.0 Å². The first-order valence-electron chi connectivity index (χ1n) is 7.51. The zero-order chi connectivity index (χ0) is 17.3. The summed E-state index contributed by atoms with van der Waals surface area (Å²) in [5.41, 5.74) is 1.58. The fraction of sp³-hybridized carbons (Fsp3) is 0.312. The van der Waals surface area contributed by atoms with E-state index in [1.54, 1.807) is 19.1 Å². The van der Waals surface area contributed by atoms with Crippen LogP contribution in [0.3, 0.4) is 0 Å². The molecular weight excluding hydrogens is 335 g/mol. The van der Waals surface area contributed by atoms with Gasteiger partial charge in [-0.1, -0.05) is 11.6 Å². The van der Waals surface area contributed by atoms with E-state index in [4.69, 9.17) is 11.6 Å². The van der Waals surface area contributed by atoms with E-state index in [0.29, 0.717) is 5.82 Å². The lowest BCUT2D eigenvalue weighted by Gasteiger charge is -2.20. The van der Waals surface area contributed by atoms with Crippen molar-refractivity contribution in [3.8, 4) is 0 Å². The highest BCUT2D eigenvalue weighted by Crippen LogP contribution is 2.27. The maximum atomic E-state index is 13.3. The van der Waals surface area contributed by atoms with Crippen LogP contribution < -0.4 is 10.2 Å². The van der Waals surface area contributed by atoms with Crippen LogP contribution in [0.5, 0.6) is 0 Å². The van der Waals surface area contributed by atoms with E-state index in [1.165, 1.54) is 18.3 Å². The highest BCUT2D eigenvalue weighted by atomic mass is 35.5. The van der Waals surface area contributed by atoms with Crippen molar-refractivity contribution in [1.82, 2.24) is 4.98 Å². The average Bonchev–Trinajstić information content (AvgIpc) is 3.00. The Balaban J connectivity index is 1.68. The van der Waals surface area contributed by atoms with Crippen molar-refractivity contribution < 1.29 is 9.31 Å². The fourth-order valence-corrected chi connectivity index (χ4v) is 2.97. The number of hydrogen-bond donors (Lipinski definition) is 1. The second-order valence-corrected chi connectivity index (χ2v) is 6.20. The van der Waals surface area contributed by atoms with Crippen LogP contribution in [0.1, 0.15) is 12.0 Å². The van der Waals surface area contributed by atoms with E-state index in [-0.39, 0.29) is 16.8 Å². The highest BCUT2D eigenvalue weighted by molar-refractivity contribution is 6.31. The molecule has 1 N–H and O–H groups in total. The summed E-state index contributed by atoms with van der Waals surface area (Å²) in [4.78, 5) is 16.6. The summed E-state index contributed by atoms with van der Waals surface area (Å²) in [6, 6.07) is 6.34. The predicted octanol–water partition coefficient (Wildman–Crippen LogP) is 3.78. The van der Waals surface area contributed by atoms with Gasteiger partial charge in [0.25, 0.3) is 5.69 Å². The molecule has 8 heteroatoms. The van der Waals surface area contributed by atoms with Crippen LogP contribution in [0.4, 0.5) is 21.6 Å². The second-order valence-electron chi connectivity index (χ2n) is 5.79. The molecule has 0 saturated carbocycles. The molecule has 1 unspecified atom stereocenters. The number of pyridine rings is 1. The van der Waals surface area contributed by atoms with Crippen molar-refractivity contribution in [2.75, 3.05) is 23.3 Å². The maximum Gasteiger partial charge on any atom is 0.287 e. The van der Waals surface area contributed by atoms with Gasteiger partial charge in [-0.25, -0.2) is 9.37 Å². The zero-order valence-corrected chi connectivity index (χ0v) is 13.8. The van der Waals surface area contributed by atoms with Crippen LogP contribution in [0.25, 0.3) is 0 Å². The van der Waals surface area contributed by atoms with E-state index in [2.05, 4.69) is 15.2 Å². The molecule has 0 bridgehead atoms. The third kappa shape index (κ3) is 3.41. The van der Waals surface area contributed by atoms with Gasteiger partial charge in [0.15, 0.2) is 0 Å². The number of rotatable bonds is 4. The number of benzene rings is 1. The minimum atomic E-state index is -0.459. The van der Waals surface area contributed by atoms with Crippen molar-refractivity contribution in [2.45, 2.75) is 19.4 Å². The molecule has 2 aromatic rings. The van der Waals surface area contributed by atoms with Gasteiger partial charge in [-0.05, 0) is 37.1 Å². The predicted molar refractivity (Wildman–Crippen MR) is 91.3 cm³/mol. The second kappa shape index (κ2) is 6.60. The van der Waals surface area contributed by atoms with Crippen LogP contribution in [0.15, 0.2) is 30.5 Å². The first-order valence-corrected chi connectivity index (χ1v) is 7.89. The van der Waals surface area contributed by atoms with E-state index in [1.807, 2.05) is 0 Å². The molecule has 1 aromatic carbocycles. The Morgan fingerprint density at radius 1 is 1.46 bits per heavy atom. The average molecular weight is 351 g/mol. The Kier molecular flexibility index (Phi) is 4.53. The summed E-state index contributed by atoms with van der Waals surface area (Å²) in [7, 11) is 0. The zero-order valence-electron chi connectivity index (χ0n) is 13.0. The van der Waals surface area contributed by atoms with Crippen LogP contribution in [0.2, 0.25) is 5.02 Å². The van der Waals surface area contributed by atoms with Gasteiger partial charge in [-0.15, -0.1) is 0 Å². The SMILES string of the molecule is Cc1cc([N+](=O)[O-])cnc1NC1CCN(c2ccc(F)c(Cl)c2)C1. The molecule has 0 radical (unpaired) electrons. The number of aryl methyl sites for hydroxylation is 1. The molecular formula is C16H16ClFN4O2. The Bertz CT molecular complexity index is 787. The normalized spacial score (nSPS) is 17.1. The maximum absolute atomic E-state index is 13.3. The van der Waals surface area contributed by atoms with Crippen LogP contribution >= 0.6 is 11.6 Å². The Morgan fingerprint density at radius 3 is 2.92 bits per heavy atom. The molecule has 0 amide bonds. The lowest BCUT2D eigenvalue weighted by molar-refractivity contribution is -0.385. The van der Waals surface area contributed by atoms with Gasteiger partial charge in [-0.3, -0.25) is 10.1 Å². The highest BCUT2D eigenvalue weighted by Gasteiger charge is 2.24. The molecule has 1 aromatic heterocycles. The summed E-state index contributed by atoms with van der Waals surface area (Å²) in [5.74, 6) is 0.213. The van der Waals surface area contributed by atoms with Gasteiger partial charge >= 0.3 is 0 Å². The van der Waals surface area contributed by atoms with Crippen LogP contribution in [-0.4, -0.2) is 29.0 Å². The lowest BCUT2D eigenvalue weighted by atomic mass is 10.2. The molecule has 0 aliphatic carbocycles. The molecule has 0 spiro atoms. The number of nitrogens with one attached hydrogen (secondary N) is 1. The third-order valence-corrected chi connectivity index (χ3v) is 4.36. The van der Waals surface area contributed by atoms with Gasteiger partial charge in [0.05, 0.1) is 9.95 Å². The molecule has 1 aliphatic heterocycles. The molecule has 24 heavy (non-hydrogen) atoms. The lowest BCUT2D eigenvalue weighted by Crippen LogP contribution is -2.26. The third-order valence-electron chi connectivity index (χ3n) is 4.07. The number of aromatic nitrogens is 1. The Morgan fingerprint density at radius 2 is 2.25 bits per heavy atom. The molecule has 1 aliphatic rings. The number of anilines is 2. The largest absolute Gasteiger partial charge is 0.369 e. The quantitative estimate of drug-likeness (QED) is 0.671. The molecule has 126 valence electrons. The Hall–Kier alpha value is -2.41. The Labute approximate surface area is 143 Å². The molecule has 1 saturated heterocycles. The number of hydrogen-bond acceptors (Lipinski definition) is 5. The number of nitro groups is 1. The number of halogens is 2. The summed E-state index contributed by atoms with van der Waals surface area (Å²) in [6.45, 7) is 3.32. The molecule has 6 nitrogen and oxygen atoms in total. The van der Waals surface area contributed by atoms with Crippen LogP contribution in [0, 0.1) is 22.9 Å². The van der Waals surface area contributed by atoms with E-state index < -0.39 is 10.7 Å². The number of nitrogens with zero attached hydrogens (tertiary/aromatic N) is 3. The molecule has 1 atom stereocenters. The summed E-state index contributed by atoms with van der Waals surface area (Å²) < 4.78 is 13.3. The molecule has 2 heterocycles. The van der Waals surface area contributed by atoms with Gasteiger partial charge in [0.1, 0.15) is 17.8 Å². The van der Waals surface area contributed by atoms with Crippen molar-refractivity contribution in [2.24, 2.45) is 0 Å². The fourth-order valence-electron chi connectivity index (χ4n) is 2.80. The minimum absolute atomic E-state index is 0.0212. The standard InChI is InChI=1S/C16H16ClFN4O2/c1-10-6-13(22(23)24)8-19-16(10)20-11-4-5-21(9-11)12-2-3-15(18)14(17)7-12/h2-3,6-8,11H,4-5,9H2,1H3,(H,19,20). The van der Waals surface area contributed by atoms with Crippen molar-refractivity contribution in [3.63, 3.8) is 0 Å². The first-order chi connectivity index (χ1) is 11.4. The van der Waals surface area contributed by atoms with Crippen LogP contribution in [-0.2, 0) is 0 Å². The van der Waals surface area contributed by atoms with Gasteiger partial charge in [0.2, 0.25) is 0 Å². The van der Waals surface area contributed by atoms with Gasteiger partial charge in [-0.2, -0.15) is 0 Å². The van der Waals surface area contributed by atoms with Crippen molar-refractivity contribution in [1.29, 1.82) is 0 Å². The summed E-state index contributed by atoms with van der Waals surface area (Å²) >= 11 is 5.84. The van der Waals surface area contributed by atoms with E-state index in [9.17, 15) is 14.5 Å². The minimum Gasteiger partial charge on any atom is -0.369 e. The van der Waals surface area contributed by atoms with Crippen molar-refractivity contribution >= 4 is 28.8 Å². The topological polar surface area (TPSA) is 71.3 Å². The summed E-state index contributed by atoms with van der Waals surface area (Å²) in [6.07, 6.45) is 2.13. The smallest absolute Gasteiger partial charge is 0.287 e.